The first kappa shape index (κ1) is 13.1. The molecule has 0 bridgehead atoms. The molecule has 7 nitrogen and oxygen atoms in total. The Morgan fingerprint density at radius 1 is 1.26 bits per heavy atom. The molecule has 2 heterocycles. The fourth-order valence-electron chi connectivity index (χ4n) is 1.92. The molecule has 0 spiro atoms. The maximum Gasteiger partial charge on any atom is 0.311 e. The molecule has 0 atom stereocenters. The first-order chi connectivity index (χ1) is 9.10. The highest BCUT2D eigenvalue weighted by molar-refractivity contribution is 5.91. The Balaban J connectivity index is 1.98. The van der Waals surface area contributed by atoms with Gasteiger partial charge in [-0.25, -0.2) is 0 Å². The Bertz CT molecular complexity index is 488. The van der Waals surface area contributed by atoms with Crippen molar-refractivity contribution in [1.82, 2.24) is 9.80 Å². The van der Waals surface area contributed by atoms with Gasteiger partial charge in [-0.2, -0.15) is 0 Å². The predicted molar refractivity (Wildman–Crippen MR) is 63.6 cm³/mol. The first-order valence-corrected chi connectivity index (χ1v) is 5.89. The van der Waals surface area contributed by atoms with Gasteiger partial charge in [-0.05, 0) is 12.1 Å². The van der Waals surface area contributed by atoms with E-state index >= 15 is 0 Å². The van der Waals surface area contributed by atoms with Crippen LogP contribution in [0.25, 0.3) is 0 Å². The van der Waals surface area contributed by atoms with Crippen LogP contribution in [0.5, 0.6) is 0 Å². The maximum absolute atomic E-state index is 12.1. The Labute approximate surface area is 109 Å². The lowest BCUT2D eigenvalue weighted by Gasteiger charge is -2.31. The molecule has 0 unspecified atom stereocenters. The summed E-state index contributed by atoms with van der Waals surface area (Å²) in [6, 6.07) is 2.97. The lowest BCUT2D eigenvalue weighted by molar-refractivity contribution is -0.136. The molecule has 1 N–H and O–H groups in total. The molecule has 1 saturated heterocycles. The van der Waals surface area contributed by atoms with E-state index in [1.165, 1.54) is 12.1 Å². The van der Waals surface area contributed by atoms with Gasteiger partial charge in [-0.3, -0.25) is 14.4 Å². The number of hydrogen-bond acceptors (Lipinski definition) is 4. The van der Waals surface area contributed by atoms with Crippen LogP contribution in [-0.2, 0) is 16.0 Å². The van der Waals surface area contributed by atoms with E-state index in [2.05, 4.69) is 0 Å². The molecular formula is C12H14N2O5. The van der Waals surface area contributed by atoms with E-state index in [4.69, 9.17) is 9.52 Å². The van der Waals surface area contributed by atoms with Gasteiger partial charge in [-0.15, -0.1) is 0 Å². The lowest BCUT2D eigenvalue weighted by atomic mass is 10.3. The zero-order valence-corrected chi connectivity index (χ0v) is 10.2. The number of carboxylic acids is 1. The molecule has 1 aliphatic heterocycles. The third-order valence-corrected chi connectivity index (χ3v) is 2.95. The number of furan rings is 1. The van der Waals surface area contributed by atoms with Crippen LogP contribution in [0.4, 0.5) is 0 Å². The SMILES string of the molecule is O=CN1CCN(C(=O)c2ccc(CC(=O)O)o2)CC1. The molecule has 1 fully saturated rings. The van der Waals surface area contributed by atoms with Gasteiger partial charge >= 0.3 is 5.97 Å². The number of rotatable bonds is 4. The molecule has 0 radical (unpaired) electrons. The molecule has 0 aromatic carbocycles. The lowest BCUT2D eigenvalue weighted by Crippen LogP contribution is -2.48. The molecule has 0 saturated carbocycles. The average molecular weight is 266 g/mol. The predicted octanol–water partition coefficient (Wildman–Crippen LogP) is -0.179. The number of aliphatic carboxylic acids is 1. The minimum absolute atomic E-state index is 0.135. The third-order valence-electron chi connectivity index (χ3n) is 2.95. The summed E-state index contributed by atoms with van der Waals surface area (Å²) in [7, 11) is 0. The largest absolute Gasteiger partial charge is 0.481 e. The number of nitrogens with zero attached hydrogens (tertiary/aromatic N) is 2. The Morgan fingerprint density at radius 2 is 1.95 bits per heavy atom. The zero-order valence-electron chi connectivity index (χ0n) is 10.2. The van der Waals surface area contributed by atoms with E-state index in [1.54, 1.807) is 9.80 Å². The summed E-state index contributed by atoms with van der Waals surface area (Å²) in [5.41, 5.74) is 0. The summed E-state index contributed by atoms with van der Waals surface area (Å²) >= 11 is 0. The quantitative estimate of drug-likeness (QED) is 0.763. The number of hydrogen-bond donors (Lipinski definition) is 1. The normalized spacial score (nSPS) is 15.4. The van der Waals surface area contributed by atoms with E-state index in [9.17, 15) is 14.4 Å². The summed E-state index contributed by atoms with van der Waals surface area (Å²) in [6.07, 6.45) is 0.520. The van der Waals surface area contributed by atoms with E-state index in [0.29, 0.717) is 26.2 Å². The van der Waals surface area contributed by atoms with Crippen LogP contribution in [-0.4, -0.2) is 59.4 Å². The number of carbonyl (C=O) groups is 3. The molecule has 1 aromatic rings. The Kier molecular flexibility index (Phi) is 3.84. The highest BCUT2D eigenvalue weighted by Gasteiger charge is 2.23. The van der Waals surface area contributed by atoms with Gasteiger partial charge < -0.3 is 19.3 Å². The van der Waals surface area contributed by atoms with E-state index in [0.717, 1.165) is 6.41 Å². The minimum atomic E-state index is -1.01. The maximum atomic E-state index is 12.1. The smallest absolute Gasteiger partial charge is 0.311 e. The topological polar surface area (TPSA) is 91.1 Å². The molecule has 1 aromatic heterocycles. The van der Waals surface area contributed by atoms with Gasteiger partial charge in [0, 0.05) is 26.2 Å². The molecule has 1 aliphatic rings. The standard InChI is InChI=1S/C12H14N2O5/c15-8-13-3-5-14(6-4-13)12(18)10-2-1-9(19-10)7-11(16)17/h1-2,8H,3-7H2,(H,16,17). The first-order valence-electron chi connectivity index (χ1n) is 5.89. The average Bonchev–Trinajstić information content (AvgIpc) is 2.85. The van der Waals surface area contributed by atoms with Crippen molar-refractivity contribution >= 4 is 18.3 Å². The van der Waals surface area contributed by atoms with E-state index < -0.39 is 5.97 Å². The van der Waals surface area contributed by atoms with Crippen LogP contribution in [0, 0.1) is 0 Å². The number of amides is 2. The third kappa shape index (κ3) is 3.12. The number of piperazine rings is 1. The van der Waals surface area contributed by atoms with Crippen molar-refractivity contribution in [3.05, 3.63) is 23.7 Å². The van der Waals surface area contributed by atoms with Crippen molar-refractivity contribution in [3.8, 4) is 0 Å². The van der Waals surface area contributed by atoms with Crippen LogP contribution in [0.3, 0.4) is 0 Å². The van der Waals surface area contributed by atoms with Gasteiger partial charge in [0.2, 0.25) is 6.41 Å². The molecule has 0 aliphatic carbocycles. The molecule has 2 amide bonds. The fraction of sp³-hybridized carbons (Fsp3) is 0.417. The van der Waals surface area contributed by atoms with Gasteiger partial charge in [-0.1, -0.05) is 0 Å². The van der Waals surface area contributed by atoms with Gasteiger partial charge in [0.1, 0.15) is 12.2 Å². The summed E-state index contributed by atoms with van der Waals surface area (Å²) < 4.78 is 5.21. The van der Waals surface area contributed by atoms with Crippen molar-refractivity contribution in [3.63, 3.8) is 0 Å². The van der Waals surface area contributed by atoms with Crippen molar-refractivity contribution in [2.75, 3.05) is 26.2 Å². The fourth-order valence-corrected chi connectivity index (χ4v) is 1.92. The van der Waals surface area contributed by atoms with E-state index in [1.807, 2.05) is 0 Å². The van der Waals surface area contributed by atoms with Gasteiger partial charge in [0.15, 0.2) is 5.76 Å². The van der Waals surface area contributed by atoms with Gasteiger partial charge in [0.05, 0.1) is 0 Å². The number of carbonyl (C=O) groups excluding carboxylic acids is 2. The summed E-state index contributed by atoms with van der Waals surface area (Å²) in [5.74, 6) is -0.895. The van der Waals surface area contributed by atoms with Crippen LogP contribution in [0.2, 0.25) is 0 Å². The second kappa shape index (κ2) is 5.55. The summed E-state index contributed by atoms with van der Waals surface area (Å²) in [6.45, 7) is 1.90. The van der Waals surface area contributed by atoms with Crippen molar-refractivity contribution in [1.29, 1.82) is 0 Å². The second-order valence-electron chi connectivity index (χ2n) is 4.27. The molecule has 2 rings (SSSR count). The summed E-state index contributed by atoms with van der Waals surface area (Å²) in [4.78, 5) is 36.3. The van der Waals surface area contributed by atoms with Crippen molar-refractivity contribution in [2.45, 2.75) is 6.42 Å². The zero-order chi connectivity index (χ0) is 13.8. The Hall–Kier alpha value is -2.31. The summed E-state index contributed by atoms with van der Waals surface area (Å²) in [5, 5.41) is 8.63. The monoisotopic (exact) mass is 266 g/mol. The van der Waals surface area contributed by atoms with E-state index in [-0.39, 0.29) is 23.8 Å². The molecule has 19 heavy (non-hydrogen) atoms. The molecule has 102 valence electrons. The Morgan fingerprint density at radius 3 is 2.53 bits per heavy atom. The van der Waals surface area contributed by atoms with Crippen LogP contribution < -0.4 is 0 Å². The van der Waals surface area contributed by atoms with Crippen molar-refractivity contribution in [2.24, 2.45) is 0 Å². The van der Waals surface area contributed by atoms with Crippen LogP contribution in [0.15, 0.2) is 16.5 Å². The minimum Gasteiger partial charge on any atom is -0.481 e. The van der Waals surface area contributed by atoms with Crippen molar-refractivity contribution < 1.29 is 23.9 Å². The molecular weight excluding hydrogens is 252 g/mol. The van der Waals surface area contributed by atoms with Crippen LogP contribution in [0.1, 0.15) is 16.3 Å². The van der Waals surface area contributed by atoms with Gasteiger partial charge in [0.25, 0.3) is 5.91 Å². The molecule has 7 heteroatoms. The second-order valence-corrected chi connectivity index (χ2v) is 4.27. The highest BCUT2D eigenvalue weighted by atomic mass is 16.4. The highest BCUT2D eigenvalue weighted by Crippen LogP contribution is 2.13. The van der Waals surface area contributed by atoms with Crippen LogP contribution >= 0.6 is 0 Å². The number of carboxylic acid groups (broad SMARTS) is 1.